The fourth-order valence-electron chi connectivity index (χ4n) is 4.11. The normalized spacial score (nSPS) is 14.2. The van der Waals surface area contributed by atoms with Gasteiger partial charge in [-0.3, -0.25) is 14.9 Å². The van der Waals surface area contributed by atoms with Crippen molar-refractivity contribution < 1.29 is 9.53 Å². The molecule has 164 valence electrons. The summed E-state index contributed by atoms with van der Waals surface area (Å²) in [6, 6.07) is 9.39. The molecule has 1 saturated heterocycles. The van der Waals surface area contributed by atoms with Crippen molar-refractivity contribution in [3.63, 3.8) is 0 Å². The van der Waals surface area contributed by atoms with Gasteiger partial charge in [0.25, 0.3) is 5.91 Å². The number of hydrogen-bond acceptors (Lipinski definition) is 7. The minimum atomic E-state index is -0.0491. The largest absolute Gasteiger partial charge is 0.397 e. The molecule has 1 aliphatic heterocycles. The summed E-state index contributed by atoms with van der Waals surface area (Å²) in [7, 11) is 0. The lowest BCUT2D eigenvalue weighted by Crippen LogP contribution is -2.40. The quantitative estimate of drug-likeness (QED) is 0.392. The Morgan fingerprint density at radius 1 is 1.09 bits per heavy atom. The number of carbonyl (C=O) groups is 1. The molecule has 4 aromatic heterocycles. The minimum Gasteiger partial charge on any atom is -0.397 e. The zero-order valence-electron chi connectivity index (χ0n) is 17.6. The van der Waals surface area contributed by atoms with Crippen LogP contribution in [-0.2, 0) is 4.74 Å². The summed E-state index contributed by atoms with van der Waals surface area (Å²) in [5, 5.41) is 8.20. The van der Waals surface area contributed by atoms with Gasteiger partial charge in [-0.1, -0.05) is 6.07 Å². The van der Waals surface area contributed by atoms with E-state index in [0.29, 0.717) is 60.2 Å². The van der Waals surface area contributed by atoms with Gasteiger partial charge in [0.05, 0.1) is 35.4 Å². The van der Waals surface area contributed by atoms with Crippen LogP contribution in [0.15, 0.2) is 48.9 Å². The number of nitrogen functional groups attached to an aromatic ring is 1. The predicted molar refractivity (Wildman–Crippen MR) is 123 cm³/mol. The highest BCUT2D eigenvalue weighted by Gasteiger charge is 2.23. The number of imidazole rings is 1. The van der Waals surface area contributed by atoms with E-state index in [1.54, 1.807) is 29.6 Å². The number of ether oxygens (including phenoxy) is 1. The number of anilines is 1. The van der Waals surface area contributed by atoms with Gasteiger partial charge in [-0.25, -0.2) is 9.97 Å². The molecule has 0 radical (unpaired) electrons. The van der Waals surface area contributed by atoms with Crippen LogP contribution in [0.3, 0.4) is 0 Å². The fourth-order valence-corrected chi connectivity index (χ4v) is 4.11. The molecule has 1 fully saturated rings. The number of carbonyl (C=O) groups excluding carboxylic acids is 1. The van der Waals surface area contributed by atoms with E-state index in [-0.39, 0.29) is 5.91 Å². The molecule has 0 unspecified atom stereocenters. The van der Waals surface area contributed by atoms with E-state index in [0.717, 1.165) is 22.0 Å². The van der Waals surface area contributed by atoms with Crippen LogP contribution in [0.5, 0.6) is 0 Å². The molecule has 0 saturated carbocycles. The lowest BCUT2D eigenvalue weighted by molar-refractivity contribution is 0.0304. The van der Waals surface area contributed by atoms with E-state index in [1.165, 1.54) is 0 Å². The van der Waals surface area contributed by atoms with Crippen LogP contribution in [0, 0.1) is 0 Å². The standard InChI is InChI=1S/C23H20N8O2/c24-15-8-13(10-25-12-15)14-9-17-20(29-30-21(17)26-11-14)22-27-18-3-1-2-16(19(18)28-22)23(32)31-4-6-33-7-5-31/h1-3,8-12H,4-7,24H2,(H,27,28)(H,26,29,30). The first-order valence-corrected chi connectivity index (χ1v) is 10.6. The van der Waals surface area contributed by atoms with Gasteiger partial charge in [0.1, 0.15) is 11.2 Å². The maximum atomic E-state index is 13.1. The van der Waals surface area contributed by atoms with E-state index in [2.05, 4.69) is 25.1 Å². The number of hydrogen-bond donors (Lipinski definition) is 3. The summed E-state index contributed by atoms with van der Waals surface area (Å²) < 4.78 is 5.37. The van der Waals surface area contributed by atoms with E-state index in [4.69, 9.17) is 15.5 Å². The van der Waals surface area contributed by atoms with Gasteiger partial charge >= 0.3 is 0 Å². The average Bonchev–Trinajstić information content (AvgIpc) is 3.47. The third-order valence-electron chi connectivity index (χ3n) is 5.77. The van der Waals surface area contributed by atoms with Crippen molar-refractivity contribution in [2.45, 2.75) is 0 Å². The smallest absolute Gasteiger partial charge is 0.256 e. The molecule has 5 aromatic rings. The molecule has 0 atom stereocenters. The molecule has 0 spiro atoms. The Morgan fingerprint density at radius 3 is 2.79 bits per heavy atom. The lowest BCUT2D eigenvalue weighted by atomic mass is 10.1. The van der Waals surface area contributed by atoms with Gasteiger partial charge in [0.15, 0.2) is 11.5 Å². The number of aromatic amines is 2. The van der Waals surface area contributed by atoms with Gasteiger partial charge in [0.2, 0.25) is 0 Å². The van der Waals surface area contributed by atoms with Crippen molar-refractivity contribution in [3.8, 4) is 22.6 Å². The summed E-state index contributed by atoms with van der Waals surface area (Å²) in [6.07, 6.45) is 5.09. The summed E-state index contributed by atoms with van der Waals surface area (Å²) in [5.41, 5.74) is 11.4. The summed E-state index contributed by atoms with van der Waals surface area (Å²) in [4.78, 5) is 31.6. The number of pyridine rings is 2. The first kappa shape index (κ1) is 19.4. The van der Waals surface area contributed by atoms with Crippen LogP contribution in [0.4, 0.5) is 5.69 Å². The number of nitrogens with two attached hydrogens (primary N) is 1. The molecular formula is C23H20N8O2. The topological polar surface area (TPSA) is 139 Å². The van der Waals surface area contributed by atoms with Crippen LogP contribution in [-0.4, -0.2) is 67.2 Å². The van der Waals surface area contributed by atoms with Crippen LogP contribution in [0.2, 0.25) is 0 Å². The average molecular weight is 440 g/mol. The molecule has 33 heavy (non-hydrogen) atoms. The maximum absolute atomic E-state index is 13.1. The molecule has 0 bridgehead atoms. The Kier molecular flexibility index (Phi) is 4.51. The van der Waals surface area contributed by atoms with E-state index in [9.17, 15) is 4.79 Å². The molecule has 10 heteroatoms. The Balaban J connectivity index is 1.43. The lowest BCUT2D eigenvalue weighted by Gasteiger charge is -2.26. The number of morpholine rings is 1. The van der Waals surface area contributed by atoms with Crippen LogP contribution in [0.1, 0.15) is 10.4 Å². The second-order valence-electron chi connectivity index (χ2n) is 7.89. The van der Waals surface area contributed by atoms with Crippen molar-refractivity contribution in [2.24, 2.45) is 0 Å². The number of fused-ring (bicyclic) bond motifs is 2. The van der Waals surface area contributed by atoms with Crippen molar-refractivity contribution in [1.29, 1.82) is 0 Å². The fraction of sp³-hybridized carbons (Fsp3) is 0.174. The highest BCUT2D eigenvalue weighted by molar-refractivity contribution is 6.06. The first-order valence-electron chi connectivity index (χ1n) is 10.6. The second-order valence-corrected chi connectivity index (χ2v) is 7.89. The minimum absolute atomic E-state index is 0.0491. The Bertz CT molecular complexity index is 1500. The van der Waals surface area contributed by atoms with Crippen molar-refractivity contribution in [1.82, 2.24) is 35.0 Å². The molecule has 6 rings (SSSR count). The summed E-state index contributed by atoms with van der Waals surface area (Å²) in [5.74, 6) is 0.509. The maximum Gasteiger partial charge on any atom is 0.256 e. The van der Waals surface area contributed by atoms with Crippen molar-refractivity contribution in [3.05, 3.63) is 54.5 Å². The zero-order valence-corrected chi connectivity index (χ0v) is 17.6. The summed E-state index contributed by atoms with van der Waals surface area (Å²) in [6.45, 7) is 2.24. The van der Waals surface area contributed by atoms with Crippen LogP contribution >= 0.6 is 0 Å². The third kappa shape index (κ3) is 3.37. The number of nitrogens with zero attached hydrogens (tertiary/aromatic N) is 5. The number of para-hydroxylation sites is 1. The third-order valence-corrected chi connectivity index (χ3v) is 5.77. The monoisotopic (exact) mass is 440 g/mol. The Morgan fingerprint density at radius 2 is 1.94 bits per heavy atom. The van der Waals surface area contributed by atoms with Gasteiger partial charge in [-0.15, -0.1) is 0 Å². The number of rotatable bonds is 3. The number of nitrogens with one attached hydrogen (secondary N) is 2. The van der Waals surface area contributed by atoms with Crippen LogP contribution in [0.25, 0.3) is 44.7 Å². The molecule has 1 aliphatic rings. The molecule has 10 nitrogen and oxygen atoms in total. The molecule has 5 heterocycles. The molecule has 4 N–H and O–H groups in total. The molecule has 0 aliphatic carbocycles. The zero-order chi connectivity index (χ0) is 22.4. The van der Waals surface area contributed by atoms with Crippen molar-refractivity contribution >= 4 is 33.7 Å². The van der Waals surface area contributed by atoms with E-state index < -0.39 is 0 Å². The predicted octanol–water partition coefficient (Wildman–Crippen LogP) is 2.62. The summed E-state index contributed by atoms with van der Waals surface area (Å²) >= 11 is 0. The second kappa shape index (κ2) is 7.68. The van der Waals surface area contributed by atoms with Crippen LogP contribution < -0.4 is 5.73 Å². The van der Waals surface area contributed by atoms with Gasteiger partial charge in [-0.05, 0) is 24.3 Å². The number of H-pyrrole nitrogens is 2. The number of benzene rings is 1. The number of amides is 1. The van der Waals surface area contributed by atoms with Gasteiger partial charge in [-0.2, -0.15) is 5.10 Å². The van der Waals surface area contributed by atoms with Gasteiger partial charge < -0.3 is 20.4 Å². The first-order chi connectivity index (χ1) is 16.2. The molecular weight excluding hydrogens is 420 g/mol. The Hall–Kier alpha value is -4.31. The highest BCUT2D eigenvalue weighted by Crippen LogP contribution is 2.30. The Labute approximate surface area is 187 Å². The molecule has 1 aromatic carbocycles. The van der Waals surface area contributed by atoms with E-state index in [1.807, 2.05) is 24.3 Å². The van der Waals surface area contributed by atoms with E-state index >= 15 is 0 Å². The van der Waals surface area contributed by atoms with Gasteiger partial charge in [0, 0.05) is 42.8 Å². The number of aromatic nitrogens is 6. The SMILES string of the molecule is Nc1cncc(-c2cnc3[nH]nc(-c4nc5c(C(=O)N6CCOCC6)cccc5[nH]4)c3c2)c1. The highest BCUT2D eigenvalue weighted by atomic mass is 16.5. The van der Waals surface area contributed by atoms with Crippen molar-refractivity contribution in [2.75, 3.05) is 32.0 Å². The molecule has 1 amide bonds.